The first-order chi connectivity index (χ1) is 21.2. The van der Waals surface area contributed by atoms with Gasteiger partial charge in [-0.15, -0.1) is 0 Å². The molecule has 1 fully saturated rings. The van der Waals surface area contributed by atoms with Crippen molar-refractivity contribution in [2.24, 2.45) is 7.05 Å². The molecular formula is C33H34N8O3. The maximum absolute atomic E-state index is 13.4. The van der Waals surface area contributed by atoms with Crippen molar-refractivity contribution >= 4 is 34.2 Å². The lowest BCUT2D eigenvalue weighted by Crippen LogP contribution is -2.44. The van der Waals surface area contributed by atoms with E-state index in [1.807, 2.05) is 57.3 Å². The van der Waals surface area contributed by atoms with Crippen molar-refractivity contribution in [3.8, 4) is 23.0 Å². The number of nitrogens with one attached hydrogen (secondary N) is 2. The number of aromatic nitrogens is 5. The molecule has 3 aromatic heterocycles. The Hall–Kier alpha value is -5.32. The number of amides is 2. The van der Waals surface area contributed by atoms with E-state index in [1.54, 1.807) is 42.3 Å². The van der Waals surface area contributed by atoms with Gasteiger partial charge in [-0.25, -0.2) is 4.98 Å². The predicted molar refractivity (Wildman–Crippen MR) is 169 cm³/mol. The number of pyridine rings is 1. The fraction of sp³-hybridized carbons (Fsp3) is 0.273. The van der Waals surface area contributed by atoms with E-state index < -0.39 is 0 Å². The van der Waals surface area contributed by atoms with E-state index in [0.717, 1.165) is 48.3 Å². The van der Waals surface area contributed by atoms with Crippen molar-refractivity contribution in [2.75, 3.05) is 23.3 Å². The quantitative estimate of drug-likeness (QED) is 0.265. The van der Waals surface area contributed by atoms with Crippen molar-refractivity contribution in [1.82, 2.24) is 30.0 Å². The lowest BCUT2D eigenvalue weighted by Gasteiger charge is -2.34. The summed E-state index contributed by atoms with van der Waals surface area (Å²) in [7, 11) is 1.82. The Labute approximate surface area is 255 Å². The van der Waals surface area contributed by atoms with Crippen molar-refractivity contribution in [2.45, 2.75) is 39.7 Å². The Kier molecular flexibility index (Phi) is 7.93. The van der Waals surface area contributed by atoms with Crippen LogP contribution in [0.3, 0.4) is 0 Å². The second kappa shape index (κ2) is 12.1. The fourth-order valence-electron chi connectivity index (χ4n) is 5.50. The zero-order valence-electron chi connectivity index (χ0n) is 25.2. The van der Waals surface area contributed by atoms with Gasteiger partial charge in [-0.2, -0.15) is 10.1 Å². The van der Waals surface area contributed by atoms with Gasteiger partial charge in [0.1, 0.15) is 11.1 Å². The number of hydrogen-bond donors (Lipinski definition) is 2. The number of anilines is 2. The number of rotatable bonds is 7. The predicted octanol–water partition coefficient (Wildman–Crippen LogP) is 5.19. The normalized spacial score (nSPS) is 13.6. The molecule has 5 aromatic rings. The first kappa shape index (κ1) is 28.8. The van der Waals surface area contributed by atoms with E-state index in [0.29, 0.717) is 39.7 Å². The van der Waals surface area contributed by atoms with Crippen LogP contribution in [-0.4, -0.2) is 55.7 Å². The molecule has 11 nitrogen and oxygen atoms in total. The first-order valence-corrected chi connectivity index (χ1v) is 14.6. The zero-order valence-corrected chi connectivity index (χ0v) is 25.2. The molecule has 1 aliphatic heterocycles. The minimum absolute atomic E-state index is 0.0157. The summed E-state index contributed by atoms with van der Waals surface area (Å²) in [5, 5.41) is 11.1. The van der Waals surface area contributed by atoms with Gasteiger partial charge in [-0.05, 0) is 80.3 Å². The second-order valence-electron chi connectivity index (χ2n) is 11.1. The number of fused-ring (bicyclic) bond motifs is 1. The van der Waals surface area contributed by atoms with Gasteiger partial charge >= 0.3 is 0 Å². The monoisotopic (exact) mass is 590 g/mol. The van der Waals surface area contributed by atoms with Crippen molar-refractivity contribution in [3.05, 3.63) is 83.8 Å². The SMILES string of the molecule is CC(=O)NC1CCN(c2ccc(NC(=O)c3ccc(C)c(Oc4nc(-c5ccncc5)nc5c4cnn5C)c3)cc2C)CC1. The summed E-state index contributed by atoms with van der Waals surface area (Å²) >= 11 is 0. The summed E-state index contributed by atoms with van der Waals surface area (Å²) in [4.78, 5) is 40.5. The summed E-state index contributed by atoms with van der Waals surface area (Å²) in [6.07, 6.45) is 6.85. The van der Waals surface area contributed by atoms with Crippen LogP contribution in [0.4, 0.5) is 11.4 Å². The number of piperidine rings is 1. The number of carbonyl (C=O) groups is 2. The van der Waals surface area contributed by atoms with E-state index in [2.05, 4.69) is 30.6 Å². The molecule has 1 aliphatic rings. The smallest absolute Gasteiger partial charge is 0.255 e. The minimum atomic E-state index is -0.246. The van der Waals surface area contributed by atoms with Crippen LogP contribution in [0, 0.1) is 13.8 Å². The lowest BCUT2D eigenvalue weighted by molar-refractivity contribution is -0.119. The van der Waals surface area contributed by atoms with Crippen LogP contribution in [0.1, 0.15) is 41.3 Å². The molecule has 0 aliphatic carbocycles. The van der Waals surface area contributed by atoms with Gasteiger partial charge in [-0.3, -0.25) is 19.3 Å². The first-order valence-electron chi connectivity index (χ1n) is 14.6. The fourth-order valence-corrected chi connectivity index (χ4v) is 5.50. The Bertz CT molecular complexity index is 1850. The number of benzene rings is 2. The molecule has 0 atom stereocenters. The van der Waals surface area contributed by atoms with Crippen molar-refractivity contribution < 1.29 is 14.3 Å². The molecule has 0 saturated carbocycles. The third-order valence-corrected chi connectivity index (χ3v) is 7.85. The van der Waals surface area contributed by atoms with E-state index >= 15 is 0 Å². The molecule has 2 aromatic carbocycles. The minimum Gasteiger partial charge on any atom is -0.438 e. The standard InChI is InChI=1S/C33H34N8O3/c1-20-5-6-24(32(43)37-26-7-8-28(21(2)17-26)41-15-11-25(12-16-41)36-22(3)42)18-29(20)44-33-27-19-35-40(4)31(27)38-30(39-33)23-9-13-34-14-10-23/h5-10,13-14,17-19,25H,11-12,15-16H2,1-4H3,(H,36,42)(H,37,43). The van der Waals surface area contributed by atoms with Crippen LogP contribution in [0.25, 0.3) is 22.4 Å². The van der Waals surface area contributed by atoms with Crippen LogP contribution in [0.5, 0.6) is 11.6 Å². The van der Waals surface area contributed by atoms with Gasteiger partial charge in [0.05, 0.1) is 6.20 Å². The number of hydrogen-bond acceptors (Lipinski definition) is 8. The Morgan fingerprint density at radius 2 is 1.73 bits per heavy atom. The van der Waals surface area contributed by atoms with E-state index in [1.165, 1.54) is 0 Å². The molecule has 2 amide bonds. The Balaban J connectivity index is 1.19. The highest BCUT2D eigenvalue weighted by atomic mass is 16.5. The topological polar surface area (TPSA) is 127 Å². The second-order valence-corrected chi connectivity index (χ2v) is 11.1. The summed E-state index contributed by atoms with van der Waals surface area (Å²) in [6, 6.07) is 15.2. The van der Waals surface area contributed by atoms with Crippen molar-refractivity contribution in [3.63, 3.8) is 0 Å². The molecule has 6 rings (SSSR count). The highest BCUT2D eigenvalue weighted by Crippen LogP contribution is 2.32. The largest absolute Gasteiger partial charge is 0.438 e. The number of carbonyl (C=O) groups excluding carboxylic acids is 2. The molecule has 1 saturated heterocycles. The molecule has 4 heterocycles. The average Bonchev–Trinajstić information content (AvgIpc) is 3.39. The number of nitrogens with zero attached hydrogens (tertiary/aromatic N) is 6. The van der Waals surface area contributed by atoms with Gasteiger partial charge < -0.3 is 20.3 Å². The third kappa shape index (κ3) is 6.07. The average molecular weight is 591 g/mol. The summed E-state index contributed by atoms with van der Waals surface area (Å²) in [6.45, 7) is 7.26. The summed E-state index contributed by atoms with van der Waals surface area (Å²) in [5.74, 6) is 1.12. The molecule has 2 N–H and O–H groups in total. The summed E-state index contributed by atoms with van der Waals surface area (Å²) in [5.41, 5.74) is 5.65. The van der Waals surface area contributed by atoms with E-state index in [-0.39, 0.29) is 17.9 Å². The van der Waals surface area contributed by atoms with Crippen LogP contribution in [0.2, 0.25) is 0 Å². The molecule has 44 heavy (non-hydrogen) atoms. The zero-order chi connectivity index (χ0) is 30.8. The molecular weight excluding hydrogens is 556 g/mol. The van der Waals surface area contributed by atoms with Crippen LogP contribution >= 0.6 is 0 Å². The molecule has 0 bridgehead atoms. The molecule has 11 heteroatoms. The molecule has 0 unspecified atom stereocenters. The molecule has 0 spiro atoms. The van der Waals surface area contributed by atoms with Gasteiger partial charge in [0.25, 0.3) is 5.91 Å². The highest BCUT2D eigenvalue weighted by molar-refractivity contribution is 6.04. The Morgan fingerprint density at radius 3 is 2.45 bits per heavy atom. The van der Waals surface area contributed by atoms with Crippen LogP contribution in [0.15, 0.2) is 67.1 Å². The third-order valence-electron chi connectivity index (χ3n) is 7.85. The van der Waals surface area contributed by atoms with Gasteiger partial charge in [0, 0.05) is 68.0 Å². The van der Waals surface area contributed by atoms with Crippen molar-refractivity contribution in [1.29, 1.82) is 0 Å². The van der Waals surface area contributed by atoms with E-state index in [4.69, 9.17) is 9.72 Å². The van der Waals surface area contributed by atoms with Gasteiger partial charge in [0.15, 0.2) is 11.5 Å². The molecule has 0 radical (unpaired) electrons. The van der Waals surface area contributed by atoms with Crippen LogP contribution in [-0.2, 0) is 11.8 Å². The highest BCUT2D eigenvalue weighted by Gasteiger charge is 2.21. The summed E-state index contributed by atoms with van der Waals surface area (Å²) < 4.78 is 8.01. The van der Waals surface area contributed by atoms with Gasteiger partial charge in [0.2, 0.25) is 11.8 Å². The van der Waals surface area contributed by atoms with E-state index in [9.17, 15) is 9.59 Å². The molecule has 224 valence electrons. The maximum atomic E-state index is 13.4. The lowest BCUT2D eigenvalue weighted by atomic mass is 10.0. The number of aryl methyl sites for hydroxylation is 3. The number of ether oxygens (including phenoxy) is 1. The maximum Gasteiger partial charge on any atom is 0.255 e. The van der Waals surface area contributed by atoms with Gasteiger partial charge in [-0.1, -0.05) is 6.07 Å². The Morgan fingerprint density at radius 1 is 0.955 bits per heavy atom. The van der Waals surface area contributed by atoms with Crippen LogP contribution < -0.4 is 20.3 Å².